The number of hydrogen-bond donors (Lipinski definition) is 7. The van der Waals surface area contributed by atoms with Gasteiger partial charge in [-0.3, -0.25) is 14.4 Å². The molecule has 12 nitrogen and oxygen atoms in total. The molecule has 1 aromatic rings. The lowest BCUT2D eigenvalue weighted by Crippen LogP contribution is -2.59. The highest BCUT2D eigenvalue weighted by Gasteiger charge is 2.33. The van der Waals surface area contributed by atoms with E-state index in [9.17, 15) is 24.3 Å². The molecule has 35 heavy (non-hydrogen) atoms. The predicted molar refractivity (Wildman–Crippen MR) is 131 cm³/mol. The average Bonchev–Trinajstić information content (AvgIpc) is 3.33. The molecule has 0 aliphatic carbocycles. The number of nitrogens with two attached hydrogens (primary N) is 2. The van der Waals surface area contributed by atoms with Gasteiger partial charge in [-0.05, 0) is 37.6 Å². The number of carbonyl (C=O) groups excluding carboxylic acids is 3. The lowest BCUT2D eigenvalue weighted by atomic mass is 9.96. The van der Waals surface area contributed by atoms with Crippen molar-refractivity contribution < 1.29 is 24.3 Å². The Kier molecular flexibility index (Phi) is 13.0. The number of H-pyrrole nitrogens is 1. The summed E-state index contributed by atoms with van der Waals surface area (Å²) in [6.07, 6.45) is 4.97. The first-order valence-electron chi connectivity index (χ1n) is 12.1. The molecule has 198 valence electrons. The van der Waals surface area contributed by atoms with Gasteiger partial charge in [-0.1, -0.05) is 34.1 Å². The topological polar surface area (TPSA) is 205 Å². The van der Waals surface area contributed by atoms with Crippen LogP contribution in [-0.4, -0.2) is 69.5 Å². The zero-order chi connectivity index (χ0) is 26.5. The van der Waals surface area contributed by atoms with Gasteiger partial charge in [0.2, 0.25) is 17.7 Å². The Labute approximate surface area is 206 Å². The maximum Gasteiger partial charge on any atom is 0.326 e. The van der Waals surface area contributed by atoms with Crippen molar-refractivity contribution in [1.29, 1.82) is 0 Å². The number of carboxylic acids is 1. The maximum atomic E-state index is 13.2. The molecule has 1 aromatic heterocycles. The van der Waals surface area contributed by atoms with Gasteiger partial charge in [0.25, 0.3) is 0 Å². The molecular formula is C23H41N7O5. The van der Waals surface area contributed by atoms with E-state index in [-0.39, 0.29) is 24.7 Å². The molecule has 3 amide bonds. The highest BCUT2D eigenvalue weighted by atomic mass is 16.4. The molecule has 0 fully saturated rings. The Balaban J connectivity index is 3.07. The van der Waals surface area contributed by atoms with E-state index in [4.69, 9.17) is 11.5 Å². The molecule has 0 radical (unpaired) electrons. The van der Waals surface area contributed by atoms with Crippen molar-refractivity contribution in [3.63, 3.8) is 0 Å². The van der Waals surface area contributed by atoms with Crippen LogP contribution in [-0.2, 0) is 25.6 Å². The molecule has 9 N–H and O–H groups in total. The van der Waals surface area contributed by atoms with E-state index in [1.165, 1.54) is 12.5 Å². The fourth-order valence-corrected chi connectivity index (χ4v) is 3.36. The molecule has 0 aliphatic heterocycles. The Bertz CT molecular complexity index is 815. The zero-order valence-corrected chi connectivity index (χ0v) is 21.0. The lowest BCUT2D eigenvalue weighted by molar-refractivity contribution is -0.142. The average molecular weight is 496 g/mol. The number of nitrogens with one attached hydrogen (secondary N) is 4. The monoisotopic (exact) mass is 495 g/mol. The van der Waals surface area contributed by atoms with E-state index in [0.29, 0.717) is 31.5 Å². The summed E-state index contributed by atoms with van der Waals surface area (Å²) in [5.74, 6) is -3.20. The van der Waals surface area contributed by atoms with Gasteiger partial charge >= 0.3 is 5.97 Å². The Morgan fingerprint density at radius 1 is 1.03 bits per heavy atom. The normalized spacial score (nSPS) is 15.5. The van der Waals surface area contributed by atoms with Gasteiger partial charge in [-0.2, -0.15) is 0 Å². The van der Waals surface area contributed by atoms with Crippen LogP contribution in [0.3, 0.4) is 0 Å². The van der Waals surface area contributed by atoms with Crippen molar-refractivity contribution in [2.45, 2.75) is 84.0 Å². The summed E-state index contributed by atoms with van der Waals surface area (Å²) in [7, 11) is 0. The predicted octanol–water partition coefficient (Wildman–Crippen LogP) is -0.350. The van der Waals surface area contributed by atoms with Crippen molar-refractivity contribution in [2.75, 3.05) is 6.54 Å². The van der Waals surface area contributed by atoms with Crippen LogP contribution in [0.4, 0.5) is 0 Å². The number of carboxylic acid groups (broad SMARTS) is 1. The molecule has 1 rings (SSSR count). The fourth-order valence-electron chi connectivity index (χ4n) is 3.36. The number of amides is 3. The maximum absolute atomic E-state index is 13.2. The fraction of sp³-hybridized carbons (Fsp3) is 0.696. The smallest absolute Gasteiger partial charge is 0.326 e. The third-order valence-electron chi connectivity index (χ3n) is 5.99. The van der Waals surface area contributed by atoms with E-state index in [0.717, 1.165) is 0 Å². The summed E-state index contributed by atoms with van der Waals surface area (Å²) < 4.78 is 0. The molecule has 0 bridgehead atoms. The molecule has 5 unspecified atom stereocenters. The molecule has 1 heterocycles. The second-order valence-electron chi connectivity index (χ2n) is 9.17. The van der Waals surface area contributed by atoms with Gasteiger partial charge in [-0.25, -0.2) is 9.78 Å². The molecule has 0 aromatic carbocycles. The summed E-state index contributed by atoms with van der Waals surface area (Å²) in [5, 5.41) is 17.4. The summed E-state index contributed by atoms with van der Waals surface area (Å²) in [6, 6.07) is -3.93. The van der Waals surface area contributed by atoms with E-state index in [2.05, 4.69) is 25.9 Å². The number of unbranched alkanes of at least 4 members (excludes halogenated alkanes) is 1. The van der Waals surface area contributed by atoms with Crippen molar-refractivity contribution in [2.24, 2.45) is 23.3 Å². The van der Waals surface area contributed by atoms with Crippen molar-refractivity contribution in [3.05, 3.63) is 18.2 Å². The second-order valence-corrected chi connectivity index (χ2v) is 9.17. The Hall–Kier alpha value is -2.99. The van der Waals surface area contributed by atoms with E-state index >= 15 is 0 Å². The highest BCUT2D eigenvalue weighted by Crippen LogP contribution is 2.11. The second kappa shape index (κ2) is 15.1. The minimum Gasteiger partial charge on any atom is -0.480 e. The molecule has 0 saturated carbocycles. The zero-order valence-electron chi connectivity index (χ0n) is 21.0. The van der Waals surface area contributed by atoms with Crippen LogP contribution in [0, 0.1) is 11.8 Å². The minimum absolute atomic E-state index is 0.0550. The van der Waals surface area contributed by atoms with Crippen LogP contribution < -0.4 is 27.4 Å². The van der Waals surface area contributed by atoms with Crippen LogP contribution in [0.1, 0.15) is 59.1 Å². The van der Waals surface area contributed by atoms with Gasteiger partial charge in [0.05, 0.1) is 12.4 Å². The van der Waals surface area contributed by atoms with Crippen LogP contribution in [0.15, 0.2) is 12.5 Å². The number of imidazole rings is 1. The Morgan fingerprint density at radius 2 is 1.69 bits per heavy atom. The van der Waals surface area contributed by atoms with E-state index in [1.807, 2.05) is 13.8 Å². The number of aliphatic carboxylic acids is 1. The molecular weight excluding hydrogens is 454 g/mol. The molecule has 0 aliphatic rings. The quantitative estimate of drug-likeness (QED) is 0.150. The van der Waals surface area contributed by atoms with Crippen LogP contribution in [0.5, 0.6) is 0 Å². The van der Waals surface area contributed by atoms with E-state index in [1.54, 1.807) is 13.8 Å². The van der Waals surface area contributed by atoms with Gasteiger partial charge in [0, 0.05) is 18.3 Å². The van der Waals surface area contributed by atoms with Crippen LogP contribution >= 0.6 is 0 Å². The number of carbonyl (C=O) groups is 4. The largest absolute Gasteiger partial charge is 0.480 e. The minimum atomic E-state index is -1.17. The molecule has 0 spiro atoms. The van der Waals surface area contributed by atoms with Gasteiger partial charge < -0.3 is 37.5 Å². The number of aromatic nitrogens is 2. The summed E-state index contributed by atoms with van der Waals surface area (Å²) in [4.78, 5) is 57.3. The molecule has 12 heteroatoms. The first-order valence-corrected chi connectivity index (χ1v) is 12.1. The highest BCUT2D eigenvalue weighted by molar-refractivity contribution is 5.94. The van der Waals surface area contributed by atoms with Crippen LogP contribution in [0.2, 0.25) is 0 Å². The third-order valence-corrected chi connectivity index (χ3v) is 5.99. The third kappa shape index (κ3) is 10.0. The summed E-state index contributed by atoms with van der Waals surface area (Å²) in [5.41, 5.74) is 12.0. The molecule has 0 saturated heterocycles. The number of hydrogen-bond acceptors (Lipinski definition) is 7. The van der Waals surface area contributed by atoms with Gasteiger partial charge in [0.15, 0.2) is 0 Å². The first-order chi connectivity index (χ1) is 16.5. The van der Waals surface area contributed by atoms with E-state index < -0.39 is 47.9 Å². The van der Waals surface area contributed by atoms with Crippen molar-refractivity contribution in [1.82, 2.24) is 25.9 Å². The first kappa shape index (κ1) is 30.0. The standard InChI is InChI=1S/C23H41N7O5/c1-5-14(4)19(30-21(32)18(25)13(2)3)22(33)29-17(10-15-11-26-12-27-15)20(31)28-16(23(34)35)8-6-7-9-24/h11-14,16-19H,5-10,24-25H2,1-4H3,(H,26,27)(H,28,31)(H,29,33)(H,30,32)(H,34,35). The molecule has 5 atom stereocenters. The Morgan fingerprint density at radius 3 is 2.20 bits per heavy atom. The number of rotatable bonds is 16. The van der Waals surface area contributed by atoms with Crippen molar-refractivity contribution >= 4 is 23.7 Å². The van der Waals surface area contributed by atoms with Gasteiger partial charge in [0.1, 0.15) is 18.1 Å². The summed E-state index contributed by atoms with van der Waals surface area (Å²) >= 11 is 0. The lowest BCUT2D eigenvalue weighted by Gasteiger charge is -2.28. The van der Waals surface area contributed by atoms with Crippen molar-refractivity contribution in [3.8, 4) is 0 Å². The number of nitrogens with zero attached hydrogens (tertiary/aromatic N) is 1. The SMILES string of the molecule is CCC(C)C(NC(=O)C(N)C(C)C)C(=O)NC(Cc1cnc[nH]1)C(=O)NC(CCCCN)C(=O)O. The van der Waals surface area contributed by atoms with Crippen LogP contribution in [0.25, 0.3) is 0 Å². The number of aromatic amines is 1. The van der Waals surface area contributed by atoms with Gasteiger partial charge in [-0.15, -0.1) is 0 Å². The summed E-state index contributed by atoms with van der Waals surface area (Å²) in [6.45, 7) is 7.72.